The third-order valence-corrected chi connectivity index (χ3v) is 3.79. The Labute approximate surface area is 112 Å². The van der Waals surface area contributed by atoms with Gasteiger partial charge >= 0.3 is 0 Å². The number of ether oxygens (including phenoxy) is 1. The first-order valence-electron chi connectivity index (χ1n) is 6.36. The highest BCUT2D eigenvalue weighted by Gasteiger charge is 2.20. The average Bonchev–Trinajstić information content (AvgIpc) is 2.71. The van der Waals surface area contributed by atoms with E-state index < -0.39 is 0 Å². The third kappa shape index (κ3) is 4.32. The van der Waals surface area contributed by atoms with E-state index in [0.29, 0.717) is 6.04 Å². The molecule has 1 aliphatic rings. The van der Waals surface area contributed by atoms with Gasteiger partial charge in [-0.1, -0.05) is 28.9 Å². The highest BCUT2D eigenvalue weighted by molar-refractivity contribution is 9.10. The summed E-state index contributed by atoms with van der Waals surface area (Å²) in [6, 6.07) is 8.69. The van der Waals surface area contributed by atoms with E-state index in [-0.39, 0.29) is 0 Å². The van der Waals surface area contributed by atoms with E-state index in [1.807, 2.05) is 24.3 Å². The van der Waals surface area contributed by atoms with Gasteiger partial charge < -0.3 is 10.1 Å². The fourth-order valence-corrected chi connectivity index (χ4v) is 2.76. The first kappa shape index (κ1) is 12.9. The SMILES string of the molecule is CC1CCC(NCCOc2cccc(Br)c2)C1. The number of hydrogen-bond acceptors (Lipinski definition) is 2. The van der Waals surface area contributed by atoms with Crippen molar-refractivity contribution in [2.75, 3.05) is 13.2 Å². The zero-order valence-corrected chi connectivity index (χ0v) is 11.9. The summed E-state index contributed by atoms with van der Waals surface area (Å²) < 4.78 is 6.74. The highest BCUT2D eigenvalue weighted by atomic mass is 79.9. The number of halogens is 1. The van der Waals surface area contributed by atoms with Crippen molar-refractivity contribution in [3.63, 3.8) is 0 Å². The topological polar surface area (TPSA) is 21.3 Å². The van der Waals surface area contributed by atoms with Gasteiger partial charge in [0.05, 0.1) is 0 Å². The molecule has 0 spiro atoms. The molecule has 0 aromatic heterocycles. The number of hydrogen-bond donors (Lipinski definition) is 1. The van der Waals surface area contributed by atoms with Gasteiger partial charge in [-0.05, 0) is 43.4 Å². The number of benzene rings is 1. The van der Waals surface area contributed by atoms with Crippen LogP contribution in [0.2, 0.25) is 0 Å². The summed E-state index contributed by atoms with van der Waals surface area (Å²) in [6.07, 6.45) is 4.00. The fourth-order valence-electron chi connectivity index (χ4n) is 2.38. The molecule has 1 N–H and O–H groups in total. The van der Waals surface area contributed by atoms with E-state index in [1.165, 1.54) is 19.3 Å². The molecular formula is C14H20BrNO. The fraction of sp³-hybridized carbons (Fsp3) is 0.571. The Morgan fingerprint density at radius 3 is 3.00 bits per heavy atom. The molecule has 1 saturated carbocycles. The predicted molar refractivity (Wildman–Crippen MR) is 74.4 cm³/mol. The molecule has 2 nitrogen and oxygen atoms in total. The molecule has 0 saturated heterocycles. The molecule has 3 heteroatoms. The predicted octanol–water partition coefficient (Wildman–Crippen LogP) is 3.61. The first-order chi connectivity index (χ1) is 8.24. The minimum absolute atomic E-state index is 0.705. The summed E-state index contributed by atoms with van der Waals surface area (Å²) in [4.78, 5) is 0. The average molecular weight is 298 g/mol. The minimum Gasteiger partial charge on any atom is -0.492 e. The first-order valence-corrected chi connectivity index (χ1v) is 7.15. The summed E-state index contributed by atoms with van der Waals surface area (Å²) in [7, 11) is 0. The Bertz CT molecular complexity index is 356. The second kappa shape index (κ2) is 6.41. The molecule has 2 unspecified atom stereocenters. The molecule has 1 aliphatic carbocycles. The quantitative estimate of drug-likeness (QED) is 0.839. The van der Waals surface area contributed by atoms with Gasteiger partial charge in [-0.15, -0.1) is 0 Å². The summed E-state index contributed by atoms with van der Waals surface area (Å²) in [5.74, 6) is 1.82. The lowest BCUT2D eigenvalue weighted by molar-refractivity contribution is 0.304. The summed E-state index contributed by atoms with van der Waals surface area (Å²) >= 11 is 3.44. The van der Waals surface area contributed by atoms with Crippen molar-refractivity contribution in [3.8, 4) is 5.75 Å². The van der Waals surface area contributed by atoms with Crippen molar-refractivity contribution in [1.29, 1.82) is 0 Å². The molecule has 2 atom stereocenters. The van der Waals surface area contributed by atoms with Crippen LogP contribution in [0.25, 0.3) is 0 Å². The van der Waals surface area contributed by atoms with Gasteiger partial charge in [0, 0.05) is 17.1 Å². The summed E-state index contributed by atoms with van der Waals surface area (Å²) in [6.45, 7) is 4.00. The van der Waals surface area contributed by atoms with Gasteiger partial charge in [-0.2, -0.15) is 0 Å². The molecule has 2 rings (SSSR count). The van der Waals surface area contributed by atoms with Crippen LogP contribution in [0.3, 0.4) is 0 Å². The van der Waals surface area contributed by atoms with Crippen LogP contribution in [0.5, 0.6) is 5.75 Å². The van der Waals surface area contributed by atoms with E-state index >= 15 is 0 Å². The zero-order chi connectivity index (χ0) is 12.1. The molecular weight excluding hydrogens is 278 g/mol. The molecule has 1 aromatic rings. The van der Waals surface area contributed by atoms with Crippen LogP contribution < -0.4 is 10.1 Å². The Morgan fingerprint density at radius 2 is 2.29 bits per heavy atom. The maximum atomic E-state index is 5.68. The van der Waals surface area contributed by atoms with Crippen molar-refractivity contribution in [2.45, 2.75) is 32.2 Å². The maximum Gasteiger partial charge on any atom is 0.120 e. The van der Waals surface area contributed by atoms with Crippen molar-refractivity contribution in [2.24, 2.45) is 5.92 Å². The van der Waals surface area contributed by atoms with Gasteiger partial charge in [-0.3, -0.25) is 0 Å². The van der Waals surface area contributed by atoms with Gasteiger partial charge in [0.2, 0.25) is 0 Å². The van der Waals surface area contributed by atoms with Gasteiger partial charge in [-0.25, -0.2) is 0 Å². The van der Waals surface area contributed by atoms with Crippen LogP contribution in [0.1, 0.15) is 26.2 Å². The molecule has 17 heavy (non-hydrogen) atoms. The molecule has 0 amide bonds. The maximum absolute atomic E-state index is 5.68. The van der Waals surface area contributed by atoms with Crippen molar-refractivity contribution in [1.82, 2.24) is 5.32 Å². The van der Waals surface area contributed by atoms with Crippen LogP contribution in [0.15, 0.2) is 28.7 Å². The standard InChI is InChI=1S/C14H20BrNO/c1-11-5-6-13(9-11)16-7-8-17-14-4-2-3-12(15)10-14/h2-4,10-11,13,16H,5-9H2,1H3. The molecule has 1 fully saturated rings. The van der Waals surface area contributed by atoms with Crippen LogP contribution in [0.4, 0.5) is 0 Å². The van der Waals surface area contributed by atoms with E-state index in [0.717, 1.165) is 29.3 Å². The van der Waals surface area contributed by atoms with E-state index in [2.05, 4.69) is 28.2 Å². The van der Waals surface area contributed by atoms with E-state index in [9.17, 15) is 0 Å². The van der Waals surface area contributed by atoms with Crippen LogP contribution in [-0.2, 0) is 0 Å². The Balaban J connectivity index is 1.63. The van der Waals surface area contributed by atoms with Gasteiger partial charge in [0.15, 0.2) is 0 Å². The Kier molecular flexibility index (Phi) is 4.86. The summed E-state index contributed by atoms with van der Waals surface area (Å²) in [5, 5.41) is 3.56. The van der Waals surface area contributed by atoms with E-state index in [1.54, 1.807) is 0 Å². The lowest BCUT2D eigenvalue weighted by atomic mass is 10.1. The van der Waals surface area contributed by atoms with Crippen LogP contribution in [-0.4, -0.2) is 19.2 Å². The van der Waals surface area contributed by atoms with Crippen molar-refractivity contribution in [3.05, 3.63) is 28.7 Å². The molecule has 0 aliphatic heterocycles. The number of nitrogens with one attached hydrogen (secondary N) is 1. The Hall–Kier alpha value is -0.540. The summed E-state index contributed by atoms with van der Waals surface area (Å²) in [5.41, 5.74) is 0. The van der Waals surface area contributed by atoms with Crippen LogP contribution >= 0.6 is 15.9 Å². The lowest BCUT2D eigenvalue weighted by Gasteiger charge is -2.13. The molecule has 0 heterocycles. The third-order valence-electron chi connectivity index (χ3n) is 3.29. The molecule has 1 aromatic carbocycles. The smallest absolute Gasteiger partial charge is 0.120 e. The monoisotopic (exact) mass is 297 g/mol. The normalized spacial score (nSPS) is 23.9. The molecule has 0 radical (unpaired) electrons. The van der Waals surface area contributed by atoms with Crippen molar-refractivity contribution < 1.29 is 4.74 Å². The van der Waals surface area contributed by atoms with Gasteiger partial charge in [0.1, 0.15) is 12.4 Å². The number of rotatable bonds is 5. The largest absolute Gasteiger partial charge is 0.492 e. The van der Waals surface area contributed by atoms with Crippen molar-refractivity contribution >= 4 is 15.9 Å². The zero-order valence-electron chi connectivity index (χ0n) is 10.3. The highest BCUT2D eigenvalue weighted by Crippen LogP contribution is 2.24. The van der Waals surface area contributed by atoms with E-state index in [4.69, 9.17) is 4.74 Å². The van der Waals surface area contributed by atoms with Crippen LogP contribution in [0, 0.1) is 5.92 Å². The Morgan fingerprint density at radius 1 is 1.41 bits per heavy atom. The second-order valence-corrected chi connectivity index (χ2v) is 5.79. The molecule has 94 valence electrons. The second-order valence-electron chi connectivity index (χ2n) is 4.88. The lowest BCUT2D eigenvalue weighted by Crippen LogP contribution is -2.30. The minimum atomic E-state index is 0.705. The van der Waals surface area contributed by atoms with Gasteiger partial charge in [0.25, 0.3) is 0 Å². The molecule has 0 bridgehead atoms.